The quantitative estimate of drug-likeness (QED) is 0.376. The van der Waals surface area contributed by atoms with Crippen molar-refractivity contribution < 1.29 is 9.47 Å². The van der Waals surface area contributed by atoms with E-state index in [1.807, 2.05) is 13.8 Å². The third-order valence-corrected chi connectivity index (χ3v) is 3.36. The van der Waals surface area contributed by atoms with Gasteiger partial charge in [0.05, 0.1) is 13.2 Å². The van der Waals surface area contributed by atoms with Gasteiger partial charge in [-0.15, -0.1) is 0 Å². The van der Waals surface area contributed by atoms with Crippen LogP contribution in [0.25, 0.3) is 0 Å². The molecule has 3 N–H and O–H groups in total. The molecule has 0 radical (unpaired) electrons. The summed E-state index contributed by atoms with van der Waals surface area (Å²) < 4.78 is 11.5. The molecule has 0 saturated heterocycles. The van der Waals surface area contributed by atoms with Crippen LogP contribution in [-0.2, 0) is 9.47 Å². The fourth-order valence-electron chi connectivity index (χ4n) is 1.64. The first kappa shape index (κ1) is 17.1. The molecular weight excluding hydrogens is 326 g/mol. The fourth-order valence-corrected chi connectivity index (χ4v) is 2.21. The molecule has 0 fully saturated rings. The van der Waals surface area contributed by atoms with Gasteiger partial charge in [-0.1, -0.05) is 0 Å². The number of nitrogen functional groups attached to an aromatic ring is 1. The van der Waals surface area contributed by atoms with Crippen LogP contribution in [0, 0.1) is 0 Å². The van der Waals surface area contributed by atoms with Crippen LogP contribution in [0.15, 0.2) is 10.8 Å². The minimum Gasteiger partial charge on any atom is -0.380 e. The Hall–Kier alpha value is -0.960. The number of aromatic nitrogens is 2. The summed E-state index contributed by atoms with van der Waals surface area (Å²) in [6, 6.07) is 0. The van der Waals surface area contributed by atoms with Gasteiger partial charge in [0.1, 0.15) is 16.6 Å². The third-order valence-electron chi connectivity index (χ3n) is 2.63. The van der Waals surface area contributed by atoms with Crippen molar-refractivity contribution in [3.05, 3.63) is 10.8 Å². The summed E-state index contributed by atoms with van der Waals surface area (Å²) in [4.78, 5) is 10.4. The van der Waals surface area contributed by atoms with Crippen LogP contribution in [0.1, 0.15) is 13.8 Å². The Morgan fingerprint density at radius 1 is 1.20 bits per heavy atom. The smallest absolute Gasteiger partial charge is 0.159 e. The van der Waals surface area contributed by atoms with Gasteiger partial charge in [0.25, 0.3) is 0 Å². The molecule has 0 amide bonds. The molecule has 0 bridgehead atoms. The molecule has 0 spiro atoms. The van der Waals surface area contributed by atoms with Gasteiger partial charge in [0.2, 0.25) is 0 Å². The first-order valence-corrected chi connectivity index (χ1v) is 7.41. The second-order valence-electron chi connectivity index (χ2n) is 3.89. The van der Waals surface area contributed by atoms with E-state index in [9.17, 15) is 0 Å². The van der Waals surface area contributed by atoms with Gasteiger partial charge in [0, 0.05) is 26.3 Å². The van der Waals surface area contributed by atoms with Crippen molar-refractivity contribution in [1.82, 2.24) is 9.97 Å². The molecule has 0 saturated carbocycles. The number of hydrogen-bond donors (Lipinski definition) is 2. The average molecular weight is 348 g/mol. The van der Waals surface area contributed by atoms with E-state index >= 15 is 0 Å². The lowest BCUT2D eigenvalue weighted by atomic mass is 10.4. The van der Waals surface area contributed by atoms with E-state index in [1.54, 1.807) is 0 Å². The van der Waals surface area contributed by atoms with Gasteiger partial charge in [0.15, 0.2) is 5.82 Å². The van der Waals surface area contributed by atoms with E-state index < -0.39 is 0 Å². The zero-order valence-corrected chi connectivity index (χ0v) is 13.5. The van der Waals surface area contributed by atoms with Crippen molar-refractivity contribution in [3.8, 4) is 0 Å². The largest absolute Gasteiger partial charge is 0.380 e. The third kappa shape index (κ3) is 5.20. The van der Waals surface area contributed by atoms with Crippen molar-refractivity contribution >= 4 is 27.6 Å². The molecule has 8 heteroatoms. The number of nitrogens with one attached hydrogen (secondary N) is 1. The van der Waals surface area contributed by atoms with Crippen LogP contribution in [0.4, 0.5) is 11.6 Å². The van der Waals surface area contributed by atoms with Crippen molar-refractivity contribution in [3.63, 3.8) is 0 Å². The van der Waals surface area contributed by atoms with Gasteiger partial charge in [-0.25, -0.2) is 15.8 Å². The number of anilines is 2. The van der Waals surface area contributed by atoms with E-state index in [-0.39, 0.29) is 0 Å². The summed E-state index contributed by atoms with van der Waals surface area (Å²) >= 11 is 3.47. The molecule has 0 atom stereocenters. The van der Waals surface area contributed by atoms with Crippen molar-refractivity contribution in [2.45, 2.75) is 13.8 Å². The van der Waals surface area contributed by atoms with Gasteiger partial charge >= 0.3 is 0 Å². The van der Waals surface area contributed by atoms with Crippen LogP contribution in [0.2, 0.25) is 0 Å². The molecule has 0 aliphatic rings. The summed E-state index contributed by atoms with van der Waals surface area (Å²) in [7, 11) is 0. The zero-order valence-electron chi connectivity index (χ0n) is 11.9. The Morgan fingerprint density at radius 3 is 2.30 bits per heavy atom. The minimum absolute atomic E-state index is 0.549. The monoisotopic (exact) mass is 347 g/mol. The van der Waals surface area contributed by atoms with Crippen LogP contribution >= 0.6 is 15.9 Å². The van der Waals surface area contributed by atoms with Crippen molar-refractivity contribution in [1.29, 1.82) is 0 Å². The van der Waals surface area contributed by atoms with Crippen LogP contribution < -0.4 is 16.2 Å². The molecule has 1 aromatic rings. The number of halogens is 1. The standard InChI is InChI=1S/C12H22BrN5O2/c1-3-19-7-5-18(6-8-20-4-2)12-10(13)11(17-14)15-9-16-12/h9H,3-8,14H2,1-2H3,(H,15,16,17). The summed E-state index contributed by atoms with van der Waals surface area (Å²) in [6.07, 6.45) is 1.48. The Morgan fingerprint density at radius 2 is 1.80 bits per heavy atom. The normalized spacial score (nSPS) is 10.6. The van der Waals surface area contributed by atoms with E-state index in [4.69, 9.17) is 15.3 Å². The van der Waals surface area contributed by atoms with Crippen molar-refractivity contribution in [2.24, 2.45) is 5.84 Å². The Labute approximate surface area is 128 Å². The van der Waals surface area contributed by atoms with Crippen LogP contribution in [-0.4, -0.2) is 49.5 Å². The maximum atomic E-state index is 5.42. The molecule has 0 aliphatic heterocycles. The maximum absolute atomic E-state index is 5.42. The molecule has 0 aliphatic carbocycles. The van der Waals surface area contributed by atoms with Gasteiger partial charge in [-0.05, 0) is 29.8 Å². The SMILES string of the molecule is CCOCCN(CCOCC)c1ncnc(NN)c1Br. The highest BCUT2D eigenvalue weighted by Gasteiger charge is 2.15. The summed E-state index contributed by atoms with van der Waals surface area (Å²) in [6.45, 7) is 8.04. The molecule has 1 heterocycles. The second-order valence-corrected chi connectivity index (χ2v) is 4.68. The van der Waals surface area contributed by atoms with Crippen molar-refractivity contribution in [2.75, 3.05) is 49.8 Å². The summed E-state index contributed by atoms with van der Waals surface area (Å²) in [5, 5.41) is 0. The molecular formula is C12H22BrN5O2. The lowest BCUT2D eigenvalue weighted by Gasteiger charge is -2.24. The highest BCUT2D eigenvalue weighted by atomic mass is 79.9. The fraction of sp³-hybridized carbons (Fsp3) is 0.667. The Kier molecular flexibility index (Phi) is 8.43. The number of nitrogens with two attached hydrogens (primary N) is 1. The highest BCUT2D eigenvalue weighted by Crippen LogP contribution is 2.28. The summed E-state index contributed by atoms with van der Waals surface area (Å²) in [5.74, 6) is 6.74. The molecule has 0 unspecified atom stereocenters. The highest BCUT2D eigenvalue weighted by molar-refractivity contribution is 9.10. The van der Waals surface area contributed by atoms with E-state index in [0.717, 1.165) is 23.4 Å². The molecule has 0 aromatic carbocycles. The summed E-state index contributed by atoms with van der Waals surface area (Å²) in [5.41, 5.74) is 2.54. The first-order chi connectivity index (χ1) is 9.74. The molecule has 20 heavy (non-hydrogen) atoms. The van der Waals surface area contributed by atoms with Gasteiger partial charge < -0.3 is 19.8 Å². The molecule has 1 rings (SSSR count). The predicted molar refractivity (Wildman–Crippen MR) is 82.7 cm³/mol. The minimum atomic E-state index is 0.549. The maximum Gasteiger partial charge on any atom is 0.159 e. The van der Waals surface area contributed by atoms with E-state index in [1.165, 1.54) is 6.33 Å². The first-order valence-electron chi connectivity index (χ1n) is 6.62. The lowest BCUT2D eigenvalue weighted by Crippen LogP contribution is -2.32. The van der Waals surface area contributed by atoms with Crippen LogP contribution in [0.3, 0.4) is 0 Å². The van der Waals surface area contributed by atoms with Crippen LogP contribution in [0.5, 0.6) is 0 Å². The number of hydrazine groups is 1. The topological polar surface area (TPSA) is 85.5 Å². The molecule has 114 valence electrons. The number of nitrogens with zero attached hydrogens (tertiary/aromatic N) is 3. The second kappa shape index (κ2) is 9.87. The molecule has 1 aromatic heterocycles. The van der Waals surface area contributed by atoms with E-state index in [2.05, 4.69) is 36.2 Å². The average Bonchev–Trinajstić information content (AvgIpc) is 2.46. The lowest BCUT2D eigenvalue weighted by molar-refractivity contribution is 0.141. The number of rotatable bonds is 10. The zero-order chi connectivity index (χ0) is 14.8. The van der Waals surface area contributed by atoms with Gasteiger partial charge in [-0.3, -0.25) is 0 Å². The van der Waals surface area contributed by atoms with E-state index in [0.29, 0.717) is 32.2 Å². The van der Waals surface area contributed by atoms with Gasteiger partial charge in [-0.2, -0.15) is 0 Å². The number of hydrogen-bond acceptors (Lipinski definition) is 7. The Bertz CT molecular complexity index is 384. The number of ether oxygens (including phenoxy) is 2. The Balaban J connectivity index is 2.79. The molecule has 7 nitrogen and oxygen atoms in total. The predicted octanol–water partition coefficient (Wildman–Crippen LogP) is 1.40.